The smallest absolute Gasteiger partial charge is 0.122 e. The highest BCUT2D eigenvalue weighted by molar-refractivity contribution is 5.52. The van der Waals surface area contributed by atoms with Crippen LogP contribution in [0.5, 0.6) is 11.5 Å². The number of aryl methyl sites for hydroxylation is 2. The Kier molecular flexibility index (Phi) is 8.06. The minimum Gasteiger partial charge on any atom is -0.507 e. The van der Waals surface area contributed by atoms with E-state index in [1.807, 2.05) is 13.8 Å². The first kappa shape index (κ1) is 26.2. The van der Waals surface area contributed by atoms with Gasteiger partial charge in [-0.15, -0.1) is 0 Å². The molecule has 178 valence electrons. The maximum atomic E-state index is 10.6. The van der Waals surface area contributed by atoms with E-state index in [-0.39, 0.29) is 10.8 Å². The molecule has 4 heteroatoms. The summed E-state index contributed by atoms with van der Waals surface area (Å²) >= 11 is 0. The summed E-state index contributed by atoms with van der Waals surface area (Å²) in [6, 6.07) is 4.13. The summed E-state index contributed by atoms with van der Waals surface area (Å²) in [6.07, 6.45) is 0. The van der Waals surface area contributed by atoms with Gasteiger partial charge in [-0.1, -0.05) is 53.7 Å². The van der Waals surface area contributed by atoms with Gasteiger partial charge in [0, 0.05) is 0 Å². The molecular formula is C28H42O4. The SMILES string of the molecule is Cc1cc(C(C)(C)C)c(O)c(C)c1COCCOCc1c(C)cc(C(C)(C)C)c(O)c1C. The number of phenolic OH excluding ortho intramolecular Hbond substituents is 2. The van der Waals surface area contributed by atoms with E-state index in [4.69, 9.17) is 9.47 Å². The van der Waals surface area contributed by atoms with Crippen molar-refractivity contribution in [3.8, 4) is 11.5 Å². The van der Waals surface area contributed by atoms with Crippen molar-refractivity contribution in [3.63, 3.8) is 0 Å². The molecule has 0 amide bonds. The number of aromatic hydroxyl groups is 2. The number of phenols is 2. The second-order valence-corrected chi connectivity index (χ2v) is 11.0. The van der Waals surface area contributed by atoms with Crippen LogP contribution in [-0.4, -0.2) is 23.4 Å². The van der Waals surface area contributed by atoms with Gasteiger partial charge in [0.2, 0.25) is 0 Å². The molecule has 0 aliphatic rings. The van der Waals surface area contributed by atoms with Crippen molar-refractivity contribution in [3.05, 3.63) is 56.6 Å². The molecule has 0 fully saturated rings. The molecule has 2 aromatic rings. The lowest BCUT2D eigenvalue weighted by Gasteiger charge is -2.24. The normalized spacial score (nSPS) is 12.4. The van der Waals surface area contributed by atoms with Crippen molar-refractivity contribution in [1.82, 2.24) is 0 Å². The largest absolute Gasteiger partial charge is 0.507 e. The van der Waals surface area contributed by atoms with E-state index in [2.05, 4.69) is 67.5 Å². The maximum Gasteiger partial charge on any atom is 0.122 e. The van der Waals surface area contributed by atoms with E-state index in [1.165, 1.54) is 0 Å². The summed E-state index contributed by atoms with van der Waals surface area (Å²) in [5.74, 6) is 0.727. The summed E-state index contributed by atoms with van der Waals surface area (Å²) in [5, 5.41) is 21.3. The van der Waals surface area contributed by atoms with Crippen LogP contribution >= 0.6 is 0 Å². The van der Waals surface area contributed by atoms with Crippen LogP contribution in [0.1, 0.15) is 86.1 Å². The van der Waals surface area contributed by atoms with E-state index < -0.39 is 0 Å². The van der Waals surface area contributed by atoms with Crippen LogP contribution in [0.15, 0.2) is 12.1 Å². The fraction of sp³-hybridized carbons (Fsp3) is 0.571. The first-order chi connectivity index (χ1) is 14.7. The van der Waals surface area contributed by atoms with Crippen molar-refractivity contribution in [2.45, 2.75) is 93.3 Å². The van der Waals surface area contributed by atoms with E-state index in [0.717, 1.165) is 44.5 Å². The molecule has 0 aliphatic heterocycles. The van der Waals surface area contributed by atoms with Gasteiger partial charge in [-0.25, -0.2) is 0 Å². The van der Waals surface area contributed by atoms with Crippen molar-refractivity contribution in [2.24, 2.45) is 0 Å². The number of rotatable bonds is 7. The third-order valence-electron chi connectivity index (χ3n) is 6.28. The molecule has 0 heterocycles. The van der Waals surface area contributed by atoms with Crippen LogP contribution < -0.4 is 0 Å². The van der Waals surface area contributed by atoms with Gasteiger partial charge in [0.1, 0.15) is 11.5 Å². The Morgan fingerprint density at radius 1 is 0.625 bits per heavy atom. The van der Waals surface area contributed by atoms with E-state index in [9.17, 15) is 10.2 Å². The number of hydrogen-bond donors (Lipinski definition) is 2. The third kappa shape index (κ3) is 5.85. The zero-order valence-corrected chi connectivity index (χ0v) is 21.7. The topological polar surface area (TPSA) is 58.9 Å². The van der Waals surface area contributed by atoms with Crippen LogP contribution in [0.2, 0.25) is 0 Å². The van der Waals surface area contributed by atoms with Crippen molar-refractivity contribution in [2.75, 3.05) is 13.2 Å². The highest BCUT2D eigenvalue weighted by Gasteiger charge is 2.23. The Morgan fingerprint density at radius 3 is 1.22 bits per heavy atom. The van der Waals surface area contributed by atoms with E-state index in [0.29, 0.717) is 37.9 Å². The molecule has 0 aromatic heterocycles. The standard InChI is InChI=1S/C28H42O4/c1-17-13-23(27(5,6)7)25(29)19(3)21(17)15-31-11-12-32-16-22-18(2)14-24(28(8,9)10)26(30)20(22)4/h13-14,29-30H,11-12,15-16H2,1-10H3. The lowest BCUT2D eigenvalue weighted by Crippen LogP contribution is -2.14. The highest BCUT2D eigenvalue weighted by Crippen LogP contribution is 2.37. The maximum absolute atomic E-state index is 10.6. The molecule has 0 atom stereocenters. The van der Waals surface area contributed by atoms with Gasteiger partial charge in [0.25, 0.3) is 0 Å². The van der Waals surface area contributed by atoms with Crippen LogP contribution in [0.25, 0.3) is 0 Å². The molecule has 0 saturated heterocycles. The van der Waals surface area contributed by atoms with Crippen molar-refractivity contribution < 1.29 is 19.7 Å². The van der Waals surface area contributed by atoms with Crippen LogP contribution in [-0.2, 0) is 33.5 Å². The Bertz CT molecular complexity index is 880. The zero-order valence-electron chi connectivity index (χ0n) is 21.7. The Morgan fingerprint density at radius 2 is 0.938 bits per heavy atom. The lowest BCUT2D eigenvalue weighted by atomic mass is 9.83. The van der Waals surface area contributed by atoms with Gasteiger partial charge in [-0.05, 0) is 83.0 Å². The fourth-order valence-corrected chi connectivity index (χ4v) is 4.08. The zero-order chi connectivity index (χ0) is 24.4. The predicted molar refractivity (Wildman–Crippen MR) is 132 cm³/mol. The molecule has 0 bridgehead atoms. The number of ether oxygens (including phenoxy) is 2. The molecule has 0 radical (unpaired) electrons. The third-order valence-corrected chi connectivity index (χ3v) is 6.28. The first-order valence-corrected chi connectivity index (χ1v) is 11.5. The Labute approximate surface area is 194 Å². The second-order valence-electron chi connectivity index (χ2n) is 11.0. The molecule has 2 N–H and O–H groups in total. The second kappa shape index (κ2) is 9.84. The minimum absolute atomic E-state index is 0.109. The molecule has 2 rings (SSSR count). The van der Waals surface area contributed by atoms with E-state index in [1.54, 1.807) is 0 Å². The lowest BCUT2D eigenvalue weighted by molar-refractivity contribution is 0.0332. The van der Waals surface area contributed by atoms with Crippen LogP contribution in [0.4, 0.5) is 0 Å². The summed E-state index contributed by atoms with van der Waals surface area (Å²) in [5.41, 5.74) is 7.81. The average Bonchev–Trinajstić information content (AvgIpc) is 2.66. The molecule has 32 heavy (non-hydrogen) atoms. The molecule has 2 aromatic carbocycles. The minimum atomic E-state index is -0.109. The van der Waals surface area contributed by atoms with Crippen molar-refractivity contribution in [1.29, 1.82) is 0 Å². The Balaban J connectivity index is 1.95. The Hall–Kier alpha value is -2.04. The molecule has 4 nitrogen and oxygen atoms in total. The molecule has 0 aliphatic carbocycles. The van der Waals surface area contributed by atoms with Crippen molar-refractivity contribution >= 4 is 0 Å². The van der Waals surface area contributed by atoms with E-state index >= 15 is 0 Å². The summed E-state index contributed by atoms with van der Waals surface area (Å²) < 4.78 is 11.7. The van der Waals surface area contributed by atoms with Gasteiger partial charge in [0.05, 0.1) is 26.4 Å². The average molecular weight is 443 g/mol. The monoisotopic (exact) mass is 442 g/mol. The predicted octanol–water partition coefficient (Wildman–Crippen LogP) is 6.66. The van der Waals surface area contributed by atoms with Gasteiger partial charge in [0.15, 0.2) is 0 Å². The molecule has 0 saturated carbocycles. The van der Waals surface area contributed by atoms with Gasteiger partial charge in [-0.2, -0.15) is 0 Å². The van der Waals surface area contributed by atoms with Gasteiger partial charge in [-0.3, -0.25) is 0 Å². The number of benzene rings is 2. The molecule has 0 unspecified atom stereocenters. The number of hydrogen-bond acceptors (Lipinski definition) is 4. The summed E-state index contributed by atoms with van der Waals surface area (Å²) in [7, 11) is 0. The fourth-order valence-electron chi connectivity index (χ4n) is 4.08. The summed E-state index contributed by atoms with van der Waals surface area (Å²) in [4.78, 5) is 0. The quantitative estimate of drug-likeness (QED) is 0.471. The van der Waals surface area contributed by atoms with Crippen LogP contribution in [0.3, 0.4) is 0 Å². The van der Waals surface area contributed by atoms with Gasteiger partial charge >= 0.3 is 0 Å². The molecule has 0 spiro atoms. The molecular weight excluding hydrogens is 400 g/mol. The first-order valence-electron chi connectivity index (χ1n) is 11.5. The highest BCUT2D eigenvalue weighted by atomic mass is 16.5. The van der Waals surface area contributed by atoms with Gasteiger partial charge < -0.3 is 19.7 Å². The summed E-state index contributed by atoms with van der Waals surface area (Å²) in [6.45, 7) is 22.5. The van der Waals surface area contributed by atoms with Crippen LogP contribution in [0, 0.1) is 27.7 Å².